The number of allylic oxidation sites excluding steroid dienone is 2. The van der Waals surface area contributed by atoms with Crippen molar-refractivity contribution in [3.63, 3.8) is 0 Å². The highest BCUT2D eigenvalue weighted by molar-refractivity contribution is 5.71. The van der Waals surface area contributed by atoms with Gasteiger partial charge in [-0.3, -0.25) is 0 Å². The van der Waals surface area contributed by atoms with Crippen molar-refractivity contribution in [3.8, 4) is 11.1 Å². The van der Waals surface area contributed by atoms with Crippen molar-refractivity contribution >= 4 is 11.9 Å². The SMILES string of the molecule is CCCCCCOC(=O)C[N+]1(C/C=C(/C)Cc2ccc(-c3ccc(C/C(C)=C\C[N+]4(CC(=O)OCCCCCC)CCCCC4)cc3)cc2)CCCCC1.[Cl-].[Cl-]. The predicted octanol–water partition coefficient (Wildman–Crippen LogP) is 4.59. The Morgan fingerprint density at radius 2 is 0.893 bits per heavy atom. The quantitative estimate of drug-likeness (QED) is 0.0715. The van der Waals surface area contributed by atoms with Crippen molar-refractivity contribution in [2.24, 2.45) is 0 Å². The lowest BCUT2D eigenvalue weighted by Gasteiger charge is -2.40. The van der Waals surface area contributed by atoms with Crippen molar-refractivity contribution in [2.45, 2.75) is 130 Å². The number of halogens is 2. The Labute approximate surface area is 353 Å². The second-order valence-electron chi connectivity index (χ2n) is 16.8. The number of piperidine rings is 2. The van der Waals surface area contributed by atoms with Gasteiger partial charge in [0.2, 0.25) is 0 Å². The summed E-state index contributed by atoms with van der Waals surface area (Å²) in [4.78, 5) is 25.6. The zero-order chi connectivity index (χ0) is 38.5. The molecular formula is C48H74Cl2N2O4. The number of esters is 2. The van der Waals surface area contributed by atoms with Crippen molar-refractivity contribution in [2.75, 3.05) is 65.6 Å². The molecule has 6 nitrogen and oxygen atoms in total. The van der Waals surface area contributed by atoms with Crippen LogP contribution in [0.3, 0.4) is 0 Å². The summed E-state index contributed by atoms with van der Waals surface area (Å²) in [6, 6.07) is 18.0. The lowest BCUT2D eigenvalue weighted by molar-refractivity contribution is -0.920. The first-order valence-corrected chi connectivity index (χ1v) is 21.7. The molecule has 0 bridgehead atoms. The van der Waals surface area contributed by atoms with Gasteiger partial charge in [-0.25, -0.2) is 9.59 Å². The minimum absolute atomic E-state index is 0. The molecule has 56 heavy (non-hydrogen) atoms. The third kappa shape index (κ3) is 17.9. The van der Waals surface area contributed by atoms with E-state index in [1.807, 2.05) is 0 Å². The summed E-state index contributed by atoms with van der Waals surface area (Å²) in [5.41, 5.74) is 7.82. The van der Waals surface area contributed by atoms with Gasteiger partial charge in [-0.15, -0.1) is 0 Å². The van der Waals surface area contributed by atoms with Crippen LogP contribution in [0.25, 0.3) is 11.1 Å². The van der Waals surface area contributed by atoms with E-state index >= 15 is 0 Å². The van der Waals surface area contributed by atoms with Crippen molar-refractivity contribution in [1.82, 2.24) is 0 Å². The second kappa shape index (κ2) is 27.1. The highest BCUT2D eigenvalue weighted by Gasteiger charge is 2.33. The maximum Gasteiger partial charge on any atom is 0.361 e. The van der Waals surface area contributed by atoms with Crippen molar-refractivity contribution in [1.29, 1.82) is 0 Å². The number of likely N-dealkylation sites (tertiary alicyclic amines) is 2. The monoisotopic (exact) mass is 813 g/mol. The summed E-state index contributed by atoms with van der Waals surface area (Å²) in [5.74, 6) is -0.0545. The Morgan fingerprint density at radius 3 is 1.23 bits per heavy atom. The van der Waals surface area contributed by atoms with Crippen LogP contribution in [-0.2, 0) is 31.9 Å². The number of quaternary nitrogens is 2. The van der Waals surface area contributed by atoms with Crippen LogP contribution in [0.1, 0.15) is 129 Å². The molecule has 2 aliphatic rings. The Hall–Kier alpha value is -2.64. The van der Waals surface area contributed by atoms with E-state index in [4.69, 9.17) is 9.47 Å². The van der Waals surface area contributed by atoms with E-state index in [2.05, 4.69) is 88.4 Å². The second-order valence-corrected chi connectivity index (χ2v) is 16.8. The zero-order valence-electron chi connectivity index (χ0n) is 35.4. The summed E-state index contributed by atoms with van der Waals surface area (Å²) in [6.07, 6.45) is 22.9. The number of benzene rings is 2. The summed E-state index contributed by atoms with van der Waals surface area (Å²) < 4.78 is 13.0. The fourth-order valence-electron chi connectivity index (χ4n) is 8.36. The summed E-state index contributed by atoms with van der Waals surface area (Å²) in [5, 5.41) is 0. The van der Waals surface area contributed by atoms with E-state index < -0.39 is 0 Å². The molecule has 0 spiro atoms. The van der Waals surface area contributed by atoms with E-state index in [-0.39, 0.29) is 36.8 Å². The standard InChI is InChI=1S/C48H74N2O4.2ClH/c1-5-7-9-17-35-53-47(51)39-49(29-13-11-14-30-49)33-27-41(3)37-43-19-23-45(24-20-43)46-25-21-44(22-26-46)38-42(4)28-34-50(31-15-12-16-32-50)40-48(52)54-36-18-10-8-6-2;;/h19-28H,5-18,29-40H2,1-4H3;2*1H/q+2;;/p-2/b41-27-,42-28-;;. The van der Waals surface area contributed by atoms with Gasteiger partial charge in [0, 0.05) is 0 Å². The van der Waals surface area contributed by atoms with Crippen molar-refractivity contribution < 1.29 is 52.8 Å². The summed E-state index contributed by atoms with van der Waals surface area (Å²) in [7, 11) is 0. The van der Waals surface area contributed by atoms with Crippen LogP contribution in [0.2, 0.25) is 0 Å². The minimum atomic E-state index is -0.0272. The lowest BCUT2D eigenvalue weighted by atomic mass is 9.98. The predicted molar refractivity (Wildman–Crippen MR) is 224 cm³/mol. The van der Waals surface area contributed by atoms with Crippen LogP contribution in [-0.4, -0.2) is 86.5 Å². The summed E-state index contributed by atoms with van der Waals surface area (Å²) >= 11 is 0. The van der Waals surface area contributed by atoms with Gasteiger partial charge in [0.1, 0.15) is 0 Å². The first kappa shape index (κ1) is 49.5. The van der Waals surface area contributed by atoms with Crippen LogP contribution in [0.15, 0.2) is 71.8 Å². The fraction of sp³-hybridized carbons (Fsp3) is 0.625. The summed E-state index contributed by atoms with van der Waals surface area (Å²) in [6.45, 7) is 17.1. The van der Waals surface area contributed by atoms with Crippen LogP contribution < -0.4 is 24.8 Å². The molecule has 0 aliphatic carbocycles. The number of hydrogen-bond acceptors (Lipinski definition) is 4. The molecule has 2 fully saturated rings. The van der Waals surface area contributed by atoms with Gasteiger partial charge < -0.3 is 43.3 Å². The average Bonchev–Trinajstić information content (AvgIpc) is 3.18. The normalized spacial score (nSPS) is 16.6. The molecule has 0 radical (unpaired) electrons. The molecule has 2 heterocycles. The van der Waals surface area contributed by atoms with Gasteiger partial charge in [0.05, 0.1) is 52.5 Å². The topological polar surface area (TPSA) is 52.6 Å². The van der Waals surface area contributed by atoms with Crippen LogP contribution in [0, 0.1) is 0 Å². The van der Waals surface area contributed by atoms with Crippen molar-refractivity contribution in [3.05, 3.63) is 83.0 Å². The maximum atomic E-state index is 12.8. The van der Waals surface area contributed by atoms with Gasteiger partial charge in [-0.05, 0) is 112 Å². The van der Waals surface area contributed by atoms with Gasteiger partial charge >= 0.3 is 11.9 Å². The average molecular weight is 814 g/mol. The molecule has 2 saturated heterocycles. The number of hydrogen-bond donors (Lipinski definition) is 0. The molecule has 2 aromatic carbocycles. The Bertz CT molecular complexity index is 1350. The van der Waals surface area contributed by atoms with Gasteiger partial charge in [-0.2, -0.15) is 0 Å². The molecule has 0 N–H and O–H groups in total. The number of rotatable bonds is 23. The lowest BCUT2D eigenvalue weighted by Crippen LogP contribution is -3.00. The third-order valence-corrected chi connectivity index (χ3v) is 11.8. The highest BCUT2D eigenvalue weighted by Crippen LogP contribution is 2.25. The number of nitrogens with zero attached hydrogens (tertiary/aromatic N) is 2. The van der Waals surface area contributed by atoms with E-state index in [9.17, 15) is 9.59 Å². The third-order valence-electron chi connectivity index (χ3n) is 11.8. The van der Waals surface area contributed by atoms with Gasteiger partial charge in [0.25, 0.3) is 0 Å². The van der Waals surface area contributed by atoms with Crippen LogP contribution in [0.4, 0.5) is 0 Å². The fourth-order valence-corrected chi connectivity index (χ4v) is 8.36. The first-order valence-electron chi connectivity index (χ1n) is 21.7. The van der Waals surface area contributed by atoms with Gasteiger partial charge in [0.15, 0.2) is 13.1 Å². The van der Waals surface area contributed by atoms with Crippen LogP contribution in [0.5, 0.6) is 0 Å². The van der Waals surface area contributed by atoms with Gasteiger partial charge in [-0.1, -0.05) is 112 Å². The Balaban J connectivity index is 0.00000541. The zero-order valence-corrected chi connectivity index (χ0v) is 37.0. The van der Waals surface area contributed by atoms with E-state index in [0.717, 1.165) is 86.8 Å². The largest absolute Gasteiger partial charge is 1.00 e. The number of ether oxygens (including phenoxy) is 2. The molecule has 0 atom stereocenters. The highest BCUT2D eigenvalue weighted by atomic mass is 35.5. The number of unbranched alkanes of at least 4 members (excludes halogenated alkanes) is 6. The van der Waals surface area contributed by atoms with E-state index in [0.29, 0.717) is 26.3 Å². The molecule has 0 amide bonds. The van der Waals surface area contributed by atoms with E-state index in [1.54, 1.807) is 0 Å². The molecular weight excluding hydrogens is 739 g/mol. The van der Waals surface area contributed by atoms with E-state index in [1.165, 1.54) is 97.6 Å². The Kier molecular flexibility index (Phi) is 24.0. The molecule has 2 aliphatic heterocycles. The molecule has 314 valence electrons. The molecule has 4 rings (SSSR count). The number of carbonyl (C=O) groups excluding carboxylic acids is 2. The molecule has 8 heteroatoms. The Morgan fingerprint density at radius 1 is 0.536 bits per heavy atom. The molecule has 0 aromatic heterocycles. The van der Waals surface area contributed by atoms with Crippen LogP contribution >= 0.6 is 0 Å². The molecule has 0 unspecified atom stereocenters. The smallest absolute Gasteiger partial charge is 0.361 e. The minimum Gasteiger partial charge on any atom is -1.00 e. The molecule has 0 saturated carbocycles. The first-order chi connectivity index (χ1) is 26.2. The number of carbonyl (C=O) groups is 2. The molecule has 2 aromatic rings. The maximum absolute atomic E-state index is 12.8.